The molecule has 7 heteroatoms. The number of hydrogen-bond acceptors (Lipinski definition) is 4. The van der Waals surface area contributed by atoms with Crippen molar-refractivity contribution in [1.82, 2.24) is 4.90 Å². The van der Waals surface area contributed by atoms with Gasteiger partial charge in [-0.15, -0.1) is 0 Å². The van der Waals surface area contributed by atoms with Gasteiger partial charge in [0.2, 0.25) is 5.91 Å². The Morgan fingerprint density at radius 1 is 1.29 bits per heavy atom. The third-order valence-electron chi connectivity index (χ3n) is 3.79. The van der Waals surface area contributed by atoms with E-state index in [1.807, 2.05) is 24.3 Å². The molecule has 0 saturated carbocycles. The maximum absolute atomic E-state index is 12.2. The fraction of sp³-hybridized carbons (Fsp3) is 0.353. The maximum Gasteiger partial charge on any atom is 0.331 e. The van der Waals surface area contributed by atoms with Crippen molar-refractivity contribution < 1.29 is 19.1 Å². The Morgan fingerprint density at radius 3 is 2.75 bits per heavy atom. The summed E-state index contributed by atoms with van der Waals surface area (Å²) in [4.78, 5) is 36.7. The number of carbonyl (C=O) groups excluding carboxylic acids is 3. The van der Waals surface area contributed by atoms with Gasteiger partial charge >= 0.3 is 5.97 Å². The van der Waals surface area contributed by atoms with Crippen molar-refractivity contribution in [1.29, 1.82) is 0 Å². The smallest absolute Gasteiger partial charge is 0.331 e. The zero-order chi connectivity index (χ0) is 17.5. The first kappa shape index (κ1) is 18.2. The molecule has 6 nitrogen and oxygen atoms in total. The number of carbonyl (C=O) groups is 3. The van der Waals surface area contributed by atoms with Crippen molar-refractivity contribution in [3.05, 3.63) is 40.4 Å². The maximum atomic E-state index is 12.2. The van der Waals surface area contributed by atoms with Crippen LogP contribution in [0.15, 0.2) is 34.8 Å². The number of benzene rings is 1. The Balaban J connectivity index is 1.88. The molecular weight excluding hydrogens is 376 g/mol. The summed E-state index contributed by atoms with van der Waals surface area (Å²) in [6.45, 7) is 0.0553. The molecule has 1 aliphatic rings. The summed E-state index contributed by atoms with van der Waals surface area (Å²) in [6, 6.07) is 6.80. The number of hydrogen-bond donors (Lipinski definition) is 1. The Bertz CT molecular complexity index is 660. The first-order valence-electron chi connectivity index (χ1n) is 7.67. The van der Waals surface area contributed by atoms with Crippen LogP contribution in [0.5, 0.6) is 0 Å². The van der Waals surface area contributed by atoms with Crippen molar-refractivity contribution in [3.63, 3.8) is 0 Å². The van der Waals surface area contributed by atoms with Gasteiger partial charge in [-0.25, -0.2) is 4.79 Å². The number of nitrogens with two attached hydrogens (primary N) is 1. The van der Waals surface area contributed by atoms with Crippen LogP contribution in [-0.2, 0) is 19.1 Å². The molecule has 1 atom stereocenters. The van der Waals surface area contributed by atoms with Crippen LogP contribution in [0.2, 0.25) is 0 Å². The van der Waals surface area contributed by atoms with Crippen molar-refractivity contribution in [2.24, 2.45) is 5.73 Å². The first-order valence-corrected chi connectivity index (χ1v) is 8.46. The van der Waals surface area contributed by atoms with Gasteiger partial charge in [0.1, 0.15) is 6.04 Å². The van der Waals surface area contributed by atoms with Gasteiger partial charge in [-0.3, -0.25) is 9.59 Å². The minimum Gasteiger partial charge on any atom is -0.452 e. The van der Waals surface area contributed by atoms with Gasteiger partial charge in [-0.1, -0.05) is 34.1 Å². The van der Waals surface area contributed by atoms with E-state index in [2.05, 4.69) is 15.9 Å². The third-order valence-corrected chi connectivity index (χ3v) is 4.52. The van der Waals surface area contributed by atoms with Gasteiger partial charge < -0.3 is 15.4 Å². The van der Waals surface area contributed by atoms with Crippen molar-refractivity contribution >= 4 is 39.8 Å². The van der Waals surface area contributed by atoms with Gasteiger partial charge in [0.25, 0.3) is 5.91 Å². The molecule has 24 heavy (non-hydrogen) atoms. The number of amides is 2. The summed E-state index contributed by atoms with van der Waals surface area (Å²) < 4.78 is 5.81. The lowest BCUT2D eigenvalue weighted by molar-refractivity contribution is -0.151. The van der Waals surface area contributed by atoms with Crippen molar-refractivity contribution in [2.45, 2.75) is 25.3 Å². The molecule has 1 heterocycles. The van der Waals surface area contributed by atoms with Crippen LogP contribution < -0.4 is 5.73 Å². The van der Waals surface area contributed by atoms with E-state index < -0.39 is 30.4 Å². The second-order valence-corrected chi connectivity index (χ2v) is 6.32. The van der Waals surface area contributed by atoms with Crippen LogP contribution in [-0.4, -0.2) is 41.9 Å². The highest BCUT2D eigenvalue weighted by Crippen LogP contribution is 2.18. The van der Waals surface area contributed by atoms with Crippen LogP contribution in [0.25, 0.3) is 6.08 Å². The summed E-state index contributed by atoms with van der Waals surface area (Å²) >= 11 is 3.37. The number of halogens is 1. The number of nitrogens with zero attached hydrogens (tertiary/aromatic N) is 1. The molecule has 1 fully saturated rings. The second kappa shape index (κ2) is 8.63. The molecule has 2 N–H and O–H groups in total. The molecule has 1 aliphatic heterocycles. The van der Waals surface area contributed by atoms with Crippen LogP contribution in [0, 0.1) is 0 Å². The summed E-state index contributed by atoms with van der Waals surface area (Å²) in [6.07, 6.45) is 5.08. The molecule has 1 aromatic carbocycles. The van der Waals surface area contributed by atoms with Crippen molar-refractivity contribution in [3.8, 4) is 0 Å². The lowest BCUT2D eigenvalue weighted by Gasteiger charge is -2.33. The number of rotatable bonds is 5. The monoisotopic (exact) mass is 394 g/mol. The summed E-state index contributed by atoms with van der Waals surface area (Å²) in [5.74, 6) is -1.55. The SMILES string of the molecule is NC(=O)[C@H]1CCCCN1C(=O)COC(=O)/C=C/c1ccccc1Br. The zero-order valence-electron chi connectivity index (χ0n) is 13.1. The second-order valence-electron chi connectivity index (χ2n) is 5.46. The van der Waals surface area contributed by atoms with Gasteiger partial charge in [-0.05, 0) is 37.0 Å². The molecule has 0 aromatic heterocycles. The lowest BCUT2D eigenvalue weighted by Crippen LogP contribution is -2.51. The average molecular weight is 395 g/mol. The molecule has 0 unspecified atom stereocenters. The fourth-order valence-corrected chi connectivity index (χ4v) is 2.97. The highest BCUT2D eigenvalue weighted by atomic mass is 79.9. The number of piperidine rings is 1. The molecule has 0 radical (unpaired) electrons. The normalized spacial score (nSPS) is 17.7. The Hall–Kier alpha value is -2.15. The van der Waals surface area contributed by atoms with Crippen LogP contribution >= 0.6 is 15.9 Å². The molecule has 0 spiro atoms. The molecule has 128 valence electrons. The molecule has 0 bridgehead atoms. The van der Waals surface area contributed by atoms with E-state index in [0.29, 0.717) is 13.0 Å². The van der Waals surface area contributed by atoms with Crippen molar-refractivity contribution in [2.75, 3.05) is 13.2 Å². The van der Waals surface area contributed by atoms with E-state index in [-0.39, 0.29) is 0 Å². The molecule has 1 saturated heterocycles. The van der Waals surface area contributed by atoms with Crippen LogP contribution in [0.3, 0.4) is 0 Å². The van der Waals surface area contributed by atoms with Gasteiger partial charge in [0, 0.05) is 17.1 Å². The van der Waals surface area contributed by atoms with E-state index in [9.17, 15) is 14.4 Å². The van der Waals surface area contributed by atoms with Gasteiger partial charge in [0.15, 0.2) is 6.61 Å². The van der Waals surface area contributed by atoms with Crippen LogP contribution in [0.4, 0.5) is 0 Å². The summed E-state index contributed by atoms with van der Waals surface area (Å²) in [5, 5.41) is 0. The molecule has 2 rings (SSSR count). The minimum atomic E-state index is -0.619. The van der Waals surface area contributed by atoms with E-state index in [1.54, 1.807) is 6.08 Å². The Morgan fingerprint density at radius 2 is 2.04 bits per heavy atom. The number of likely N-dealkylation sites (tertiary alicyclic amines) is 1. The Kier molecular flexibility index (Phi) is 6.54. The zero-order valence-corrected chi connectivity index (χ0v) is 14.7. The quantitative estimate of drug-likeness (QED) is 0.609. The molecule has 1 aromatic rings. The average Bonchev–Trinajstić information content (AvgIpc) is 2.59. The fourth-order valence-electron chi connectivity index (χ4n) is 2.56. The molecular formula is C17H19BrN2O4. The molecule has 0 aliphatic carbocycles. The van der Waals surface area contributed by atoms with Gasteiger partial charge in [0.05, 0.1) is 0 Å². The van der Waals surface area contributed by atoms with E-state index in [4.69, 9.17) is 10.5 Å². The van der Waals surface area contributed by atoms with Crippen LogP contribution in [0.1, 0.15) is 24.8 Å². The highest BCUT2D eigenvalue weighted by molar-refractivity contribution is 9.10. The van der Waals surface area contributed by atoms with E-state index in [1.165, 1.54) is 11.0 Å². The predicted octanol–water partition coefficient (Wildman–Crippen LogP) is 1.87. The number of esters is 1. The molecule has 2 amide bonds. The number of primary amides is 1. The Labute approximate surface area is 148 Å². The summed E-state index contributed by atoms with van der Waals surface area (Å²) in [7, 11) is 0. The summed E-state index contributed by atoms with van der Waals surface area (Å²) in [5.41, 5.74) is 6.15. The topological polar surface area (TPSA) is 89.7 Å². The van der Waals surface area contributed by atoms with E-state index in [0.717, 1.165) is 22.9 Å². The van der Waals surface area contributed by atoms with E-state index >= 15 is 0 Å². The minimum absolute atomic E-state index is 0.400. The van der Waals surface area contributed by atoms with Gasteiger partial charge in [-0.2, -0.15) is 0 Å². The number of ether oxygens (including phenoxy) is 1. The highest BCUT2D eigenvalue weighted by Gasteiger charge is 2.30. The lowest BCUT2D eigenvalue weighted by atomic mass is 10.0. The first-order chi connectivity index (χ1) is 11.5. The predicted molar refractivity (Wildman–Crippen MR) is 92.7 cm³/mol. The standard InChI is InChI=1S/C17H19BrN2O4/c18-13-6-2-1-5-12(13)8-9-16(22)24-11-15(21)20-10-4-3-7-14(20)17(19)23/h1-2,5-6,8-9,14H,3-4,7,10-11H2,(H2,19,23)/b9-8+/t14-/m1/s1. The largest absolute Gasteiger partial charge is 0.452 e. The third kappa shape index (κ3) is 4.92.